The third-order valence-corrected chi connectivity index (χ3v) is 13.4. The summed E-state index contributed by atoms with van der Waals surface area (Å²) in [7, 11) is -2.18. The summed E-state index contributed by atoms with van der Waals surface area (Å²) >= 11 is 0. The average Bonchev–Trinajstić information content (AvgIpc) is 3.76. The van der Waals surface area contributed by atoms with Crippen LogP contribution in [0.3, 0.4) is 0 Å². The minimum atomic E-state index is -2.18. The van der Waals surface area contributed by atoms with E-state index in [4.69, 9.17) is 9.40 Å². The molecule has 8 heteroatoms. The van der Waals surface area contributed by atoms with Gasteiger partial charge in [-0.25, -0.2) is 9.37 Å². The van der Waals surface area contributed by atoms with Gasteiger partial charge in [-0.05, 0) is 40.0 Å². The second-order valence-electron chi connectivity index (χ2n) is 13.0. The third kappa shape index (κ3) is 4.31. The van der Waals surface area contributed by atoms with Crippen LogP contribution in [0.2, 0.25) is 13.1 Å². The number of furan rings is 1. The average molecular weight is 745 g/mol. The van der Waals surface area contributed by atoms with Crippen LogP contribution in [0, 0.1) is 12.1 Å². The number of hydrogen-bond donors (Lipinski definition) is 0. The number of aromatic nitrogens is 3. The van der Waals surface area contributed by atoms with E-state index in [1.165, 1.54) is 10.4 Å². The molecule has 1 aliphatic heterocycles. The van der Waals surface area contributed by atoms with E-state index >= 15 is 4.39 Å². The summed E-state index contributed by atoms with van der Waals surface area (Å²) in [6, 6.07) is 41.3. The summed E-state index contributed by atoms with van der Waals surface area (Å²) < 4.78 is 25.1. The molecule has 9 aromatic rings. The van der Waals surface area contributed by atoms with Gasteiger partial charge in [0.2, 0.25) is 0 Å². The van der Waals surface area contributed by atoms with Crippen LogP contribution in [0.25, 0.3) is 49.3 Å². The van der Waals surface area contributed by atoms with E-state index in [9.17, 15) is 0 Å². The molecule has 49 heavy (non-hydrogen) atoms. The Morgan fingerprint density at radius 1 is 0.714 bits per heavy atom. The molecule has 0 saturated carbocycles. The van der Waals surface area contributed by atoms with E-state index in [0.717, 1.165) is 66.5 Å². The van der Waals surface area contributed by atoms with Gasteiger partial charge in [0.25, 0.3) is 0 Å². The zero-order valence-electron chi connectivity index (χ0n) is 26.5. The Labute approximate surface area is 296 Å². The summed E-state index contributed by atoms with van der Waals surface area (Å²) in [6.45, 7) is 4.73. The molecule has 4 aromatic heterocycles. The van der Waals surface area contributed by atoms with Gasteiger partial charge in [0.05, 0.1) is 5.65 Å². The van der Waals surface area contributed by atoms with Crippen molar-refractivity contribution in [3.8, 4) is 0 Å². The van der Waals surface area contributed by atoms with Gasteiger partial charge in [0, 0.05) is 46.6 Å². The smallest absolute Gasteiger partial charge is 0.456 e. The molecule has 5 nitrogen and oxygen atoms in total. The number of nitrogens with zero attached hydrogens (tertiary/aromatic N) is 4. The number of hydrogen-bond acceptors (Lipinski definition) is 4. The fraction of sp³-hybridized carbons (Fsp3) is 0.0732. The van der Waals surface area contributed by atoms with Crippen molar-refractivity contribution in [3.63, 3.8) is 0 Å². The Hall–Kier alpha value is -5.13. The van der Waals surface area contributed by atoms with Crippen molar-refractivity contribution in [2.24, 2.45) is 0 Å². The Balaban J connectivity index is 0.00000325. The molecule has 1 unspecified atom stereocenters. The standard InChI is InChI=1S/C41H27FN4OSi.Pd/c1-48(2)37-15-8-18-43-41(37)46(34-24-36-31(23-38(34)48)30-12-4-6-14-35(30)47-36)27-10-7-9-25(21-27)39(42)26-16-17-28-29-11-3-5-13-33(29)45-20-19-44-40(45)32(28)22-26;/h3-20,23-24,39H,1-2H3;/q-2;+2. The number of para-hydroxylation sites is 2. The maximum Gasteiger partial charge on any atom is 2.00 e. The van der Waals surface area contributed by atoms with E-state index < -0.39 is 14.2 Å². The molecule has 5 aromatic carbocycles. The minimum Gasteiger partial charge on any atom is -0.456 e. The third-order valence-electron chi connectivity index (χ3n) is 9.96. The number of pyridine rings is 2. The van der Waals surface area contributed by atoms with Crippen LogP contribution >= 0.6 is 0 Å². The molecule has 0 bridgehead atoms. The Morgan fingerprint density at radius 3 is 2.43 bits per heavy atom. The number of halogens is 1. The summed E-state index contributed by atoms with van der Waals surface area (Å²) in [6.07, 6.45) is 4.09. The molecule has 1 aliphatic rings. The number of fused-ring (bicyclic) bond motifs is 11. The molecular formula is C41H27FN4OPdSi. The summed E-state index contributed by atoms with van der Waals surface area (Å²) in [5, 5.41) is 7.56. The number of imidazole rings is 1. The Morgan fingerprint density at radius 2 is 1.53 bits per heavy atom. The van der Waals surface area contributed by atoms with E-state index in [2.05, 4.69) is 71.5 Å². The number of anilines is 3. The Kier molecular flexibility index (Phi) is 6.69. The first-order valence-corrected chi connectivity index (χ1v) is 19.0. The molecule has 1 atom stereocenters. The van der Waals surface area contributed by atoms with Gasteiger partial charge in [-0.15, -0.1) is 29.8 Å². The van der Waals surface area contributed by atoms with E-state index in [1.807, 2.05) is 77.5 Å². The van der Waals surface area contributed by atoms with Gasteiger partial charge in [-0.2, -0.15) is 18.2 Å². The zero-order valence-corrected chi connectivity index (χ0v) is 29.1. The van der Waals surface area contributed by atoms with Crippen LogP contribution in [0.15, 0.2) is 126 Å². The molecule has 0 N–H and O–H groups in total. The van der Waals surface area contributed by atoms with Crippen molar-refractivity contribution in [2.75, 3.05) is 4.90 Å². The molecule has 10 rings (SSSR count). The normalized spacial score (nSPS) is 14.3. The zero-order chi connectivity index (χ0) is 32.1. The fourth-order valence-corrected chi connectivity index (χ4v) is 10.5. The topological polar surface area (TPSA) is 46.6 Å². The van der Waals surface area contributed by atoms with Gasteiger partial charge >= 0.3 is 20.4 Å². The van der Waals surface area contributed by atoms with Gasteiger partial charge in [-0.1, -0.05) is 77.6 Å². The first-order chi connectivity index (χ1) is 23.5. The predicted octanol–water partition coefficient (Wildman–Crippen LogP) is 9.20. The maximum absolute atomic E-state index is 16.7. The monoisotopic (exact) mass is 744 g/mol. The van der Waals surface area contributed by atoms with Gasteiger partial charge < -0.3 is 13.7 Å². The fourth-order valence-electron chi connectivity index (χ4n) is 7.58. The molecule has 0 aliphatic carbocycles. The molecule has 0 amide bonds. The van der Waals surface area contributed by atoms with Gasteiger partial charge in [0.1, 0.15) is 31.2 Å². The SMILES string of the molecule is C[Si]1(C)c2cc3c(cc2N(c2[c-]c(C(F)c4[c-]c5c(cc4)c4ccccc4n4ccnc54)ccc2)c2ncccc21)oc1ccccc13.[Pd+2]. The first-order valence-electron chi connectivity index (χ1n) is 16.0. The first kappa shape index (κ1) is 30.0. The van der Waals surface area contributed by atoms with Crippen molar-refractivity contribution in [2.45, 2.75) is 19.3 Å². The Bertz CT molecular complexity index is 2770. The maximum atomic E-state index is 16.7. The molecule has 0 radical (unpaired) electrons. The van der Waals surface area contributed by atoms with Gasteiger partial charge in [0.15, 0.2) is 0 Å². The summed E-state index contributed by atoms with van der Waals surface area (Å²) in [4.78, 5) is 11.7. The van der Waals surface area contributed by atoms with Crippen LogP contribution in [0.4, 0.5) is 21.6 Å². The molecule has 0 fully saturated rings. The van der Waals surface area contributed by atoms with E-state index in [1.54, 1.807) is 12.3 Å². The van der Waals surface area contributed by atoms with Crippen molar-refractivity contribution in [1.82, 2.24) is 14.4 Å². The van der Waals surface area contributed by atoms with Crippen molar-refractivity contribution < 1.29 is 29.2 Å². The van der Waals surface area contributed by atoms with Crippen LogP contribution in [0.5, 0.6) is 0 Å². The predicted molar refractivity (Wildman–Crippen MR) is 194 cm³/mol. The second kappa shape index (κ2) is 10.9. The minimum absolute atomic E-state index is 0. The van der Waals surface area contributed by atoms with Crippen LogP contribution in [-0.2, 0) is 20.4 Å². The van der Waals surface area contributed by atoms with Gasteiger partial charge in [-0.3, -0.25) is 4.98 Å². The number of benzene rings is 5. The van der Waals surface area contributed by atoms with E-state index in [-0.39, 0.29) is 20.4 Å². The quantitative estimate of drug-likeness (QED) is 0.103. The molecule has 238 valence electrons. The van der Waals surface area contributed by atoms with Crippen molar-refractivity contribution >= 4 is 84.9 Å². The molecule has 0 saturated heterocycles. The number of alkyl halides is 1. The summed E-state index contributed by atoms with van der Waals surface area (Å²) in [5.74, 6) is 0.854. The van der Waals surface area contributed by atoms with Crippen LogP contribution in [0.1, 0.15) is 17.3 Å². The summed E-state index contributed by atoms with van der Waals surface area (Å²) in [5.41, 5.74) is 6.06. The number of rotatable bonds is 3. The largest absolute Gasteiger partial charge is 2.00 e. The van der Waals surface area contributed by atoms with Crippen molar-refractivity contribution in [1.29, 1.82) is 0 Å². The van der Waals surface area contributed by atoms with E-state index in [0.29, 0.717) is 11.1 Å². The molecule has 0 spiro atoms. The van der Waals surface area contributed by atoms with Crippen molar-refractivity contribution in [3.05, 3.63) is 145 Å². The molecular weight excluding hydrogens is 718 g/mol. The second-order valence-corrected chi connectivity index (χ2v) is 17.3. The van der Waals surface area contributed by atoms with Crippen LogP contribution < -0.4 is 15.3 Å². The molecule has 5 heterocycles. The van der Waals surface area contributed by atoms with Crippen LogP contribution in [-0.4, -0.2) is 22.4 Å².